The van der Waals surface area contributed by atoms with Crippen LogP contribution in [0.2, 0.25) is 0 Å². The Morgan fingerprint density at radius 1 is 1.40 bits per heavy atom. The Hall–Kier alpha value is -1.31. The maximum Gasteiger partial charge on any atom is 0.300 e. The minimum atomic E-state index is -4.39. The van der Waals surface area contributed by atoms with Crippen LogP contribution < -0.4 is 0 Å². The first-order chi connectivity index (χ1) is 6.81. The summed E-state index contributed by atoms with van der Waals surface area (Å²) < 4.78 is 24.0. The van der Waals surface area contributed by atoms with E-state index in [-0.39, 0.29) is 0 Å². The Labute approximate surface area is 86.5 Å². The molecule has 1 saturated heterocycles. The molecule has 0 aromatic heterocycles. The quantitative estimate of drug-likeness (QED) is 0.489. The highest BCUT2D eigenvalue weighted by Gasteiger charge is 2.47. The van der Waals surface area contributed by atoms with Crippen LogP contribution in [0.15, 0.2) is 4.58 Å². The van der Waals surface area contributed by atoms with Crippen LogP contribution in [0.25, 0.3) is 0 Å². The molecule has 0 N–H and O–H groups in total. The Bertz CT molecular complexity index is 413. The van der Waals surface area contributed by atoms with E-state index in [9.17, 15) is 22.9 Å². The van der Waals surface area contributed by atoms with E-state index in [2.05, 4.69) is 0 Å². The SMILES string of the molecule is CC(C)N1C(=O)CC(S(=O)(=O)N=O)C1=O. The lowest BCUT2D eigenvalue weighted by Crippen LogP contribution is -2.39. The third-order valence-corrected chi connectivity index (χ3v) is 3.42. The van der Waals surface area contributed by atoms with Crippen LogP contribution in [-0.4, -0.2) is 36.4 Å². The van der Waals surface area contributed by atoms with Gasteiger partial charge in [0.25, 0.3) is 0 Å². The van der Waals surface area contributed by atoms with Crippen LogP contribution in [0.1, 0.15) is 20.3 Å². The Morgan fingerprint density at radius 3 is 2.27 bits per heavy atom. The summed E-state index contributed by atoms with van der Waals surface area (Å²) in [4.78, 5) is 33.6. The number of hydrogen-bond donors (Lipinski definition) is 0. The van der Waals surface area contributed by atoms with Gasteiger partial charge in [-0.25, -0.2) is 8.42 Å². The zero-order chi connectivity index (χ0) is 11.8. The summed E-state index contributed by atoms with van der Waals surface area (Å²) in [7, 11) is -4.39. The van der Waals surface area contributed by atoms with Gasteiger partial charge in [-0.05, 0) is 13.8 Å². The second-order valence-corrected chi connectivity index (χ2v) is 5.23. The number of rotatable bonds is 3. The van der Waals surface area contributed by atoms with Crippen molar-refractivity contribution in [3.05, 3.63) is 4.91 Å². The maximum atomic E-state index is 11.5. The molecule has 8 heteroatoms. The van der Waals surface area contributed by atoms with Crippen molar-refractivity contribution < 1.29 is 18.0 Å². The fraction of sp³-hybridized carbons (Fsp3) is 0.714. The molecule has 7 nitrogen and oxygen atoms in total. The standard InChI is InChI=1S/C7H10N2O5S/c1-4(2)9-6(10)3-5(7(9)11)15(13,14)8-12/h4-5H,3H2,1-2H3. The first kappa shape index (κ1) is 11.8. The number of amides is 2. The molecule has 0 radical (unpaired) electrons. The van der Waals surface area contributed by atoms with Crippen molar-refractivity contribution in [1.82, 2.24) is 4.90 Å². The largest absolute Gasteiger partial charge is 0.300 e. The number of imide groups is 1. The molecule has 0 aromatic rings. The molecule has 0 aromatic carbocycles. The second kappa shape index (κ2) is 3.69. The highest BCUT2D eigenvalue weighted by molar-refractivity contribution is 7.91. The molecule has 1 unspecified atom stereocenters. The normalized spacial score (nSPS) is 22.6. The lowest BCUT2D eigenvalue weighted by Gasteiger charge is -2.18. The van der Waals surface area contributed by atoms with Crippen LogP contribution >= 0.6 is 0 Å². The molecule has 1 aliphatic heterocycles. The van der Waals surface area contributed by atoms with Gasteiger partial charge in [-0.1, -0.05) is 0 Å². The Balaban J connectivity index is 3.07. The van der Waals surface area contributed by atoms with Gasteiger partial charge in [0, 0.05) is 6.04 Å². The lowest BCUT2D eigenvalue weighted by molar-refractivity contribution is -0.140. The van der Waals surface area contributed by atoms with Gasteiger partial charge in [-0.15, -0.1) is 4.91 Å². The van der Waals surface area contributed by atoms with Crippen LogP contribution in [0.3, 0.4) is 0 Å². The molecule has 1 aliphatic rings. The fourth-order valence-electron chi connectivity index (χ4n) is 1.45. The fourth-order valence-corrected chi connectivity index (χ4v) is 2.27. The predicted molar refractivity (Wildman–Crippen MR) is 50.1 cm³/mol. The van der Waals surface area contributed by atoms with Crippen LogP contribution in [-0.2, 0) is 19.6 Å². The second-order valence-electron chi connectivity index (χ2n) is 3.48. The van der Waals surface area contributed by atoms with Crippen molar-refractivity contribution in [2.24, 2.45) is 4.58 Å². The van der Waals surface area contributed by atoms with Crippen molar-refractivity contribution in [3.8, 4) is 0 Å². The summed E-state index contributed by atoms with van der Waals surface area (Å²) in [5, 5.41) is -1.63. The molecule has 84 valence electrons. The molecule has 2 amide bonds. The molecular weight excluding hydrogens is 224 g/mol. The van der Waals surface area contributed by atoms with Crippen molar-refractivity contribution in [1.29, 1.82) is 0 Å². The monoisotopic (exact) mass is 234 g/mol. The first-order valence-electron chi connectivity index (χ1n) is 4.25. The maximum absolute atomic E-state index is 11.5. The minimum absolute atomic E-state index is 0.420. The van der Waals surface area contributed by atoms with Gasteiger partial charge in [-0.2, -0.15) is 0 Å². The molecule has 0 bridgehead atoms. The molecule has 0 aliphatic carbocycles. The first-order valence-corrected chi connectivity index (χ1v) is 5.76. The molecule has 1 heterocycles. The van der Waals surface area contributed by atoms with E-state index in [0.717, 1.165) is 4.90 Å². The smallest absolute Gasteiger partial charge is 0.279 e. The van der Waals surface area contributed by atoms with Gasteiger partial charge in [-0.3, -0.25) is 14.5 Å². The molecule has 0 spiro atoms. The van der Waals surface area contributed by atoms with E-state index in [1.807, 2.05) is 4.58 Å². The van der Waals surface area contributed by atoms with Crippen molar-refractivity contribution in [2.75, 3.05) is 0 Å². The van der Waals surface area contributed by atoms with E-state index in [4.69, 9.17) is 0 Å². The number of carbonyl (C=O) groups is 2. The topological polar surface area (TPSA) is 101 Å². The number of sulfonamides is 1. The van der Waals surface area contributed by atoms with E-state index < -0.39 is 39.6 Å². The van der Waals surface area contributed by atoms with Crippen LogP contribution in [0.5, 0.6) is 0 Å². The molecule has 1 fully saturated rings. The summed E-state index contributed by atoms with van der Waals surface area (Å²) in [6.45, 7) is 3.16. The minimum Gasteiger partial charge on any atom is -0.279 e. The number of likely N-dealkylation sites (tertiary alicyclic amines) is 1. The van der Waals surface area contributed by atoms with E-state index in [0.29, 0.717) is 0 Å². The Morgan fingerprint density at radius 2 is 1.93 bits per heavy atom. The molecule has 1 rings (SSSR count). The average Bonchev–Trinajstić information content (AvgIpc) is 2.42. The highest BCUT2D eigenvalue weighted by Crippen LogP contribution is 2.22. The molecule has 0 saturated carbocycles. The van der Waals surface area contributed by atoms with Crippen LogP contribution in [0.4, 0.5) is 0 Å². The van der Waals surface area contributed by atoms with E-state index in [1.54, 1.807) is 13.8 Å². The molecule has 1 atom stereocenters. The number of nitrogens with zero attached hydrogens (tertiary/aromatic N) is 2. The van der Waals surface area contributed by atoms with Crippen LogP contribution in [0, 0.1) is 4.91 Å². The van der Waals surface area contributed by atoms with Gasteiger partial charge in [0.05, 0.1) is 11.0 Å². The van der Waals surface area contributed by atoms with Gasteiger partial charge < -0.3 is 0 Å². The lowest BCUT2D eigenvalue weighted by atomic mass is 10.3. The van der Waals surface area contributed by atoms with Gasteiger partial charge >= 0.3 is 10.0 Å². The summed E-state index contributed by atoms with van der Waals surface area (Å²) >= 11 is 0. The number of nitroso groups, excluding NO2 is 1. The van der Waals surface area contributed by atoms with Gasteiger partial charge in [0.1, 0.15) is 0 Å². The number of carbonyl (C=O) groups excluding carboxylic acids is 2. The average molecular weight is 234 g/mol. The van der Waals surface area contributed by atoms with Crippen molar-refractivity contribution in [3.63, 3.8) is 0 Å². The van der Waals surface area contributed by atoms with Gasteiger partial charge in [0.2, 0.25) is 11.8 Å². The number of hydrogen-bond acceptors (Lipinski definition) is 5. The third-order valence-electron chi connectivity index (χ3n) is 2.12. The zero-order valence-electron chi connectivity index (χ0n) is 8.21. The summed E-state index contributed by atoms with van der Waals surface area (Å²) in [6, 6.07) is -0.420. The highest BCUT2D eigenvalue weighted by atomic mass is 32.2. The van der Waals surface area contributed by atoms with Gasteiger partial charge in [0.15, 0.2) is 5.25 Å². The summed E-state index contributed by atoms with van der Waals surface area (Å²) in [5.41, 5.74) is 0. The van der Waals surface area contributed by atoms with E-state index >= 15 is 0 Å². The molecular formula is C7H10N2O5S. The summed E-state index contributed by atoms with van der Waals surface area (Å²) in [5.74, 6) is -1.46. The summed E-state index contributed by atoms with van der Waals surface area (Å²) in [6.07, 6.45) is -0.495. The van der Waals surface area contributed by atoms with Crippen molar-refractivity contribution >= 4 is 21.8 Å². The van der Waals surface area contributed by atoms with Crippen molar-refractivity contribution in [2.45, 2.75) is 31.6 Å². The Kier molecular flexibility index (Phi) is 2.89. The van der Waals surface area contributed by atoms with E-state index in [1.165, 1.54) is 0 Å². The predicted octanol–water partition coefficient (Wildman–Crippen LogP) is -0.381. The zero-order valence-corrected chi connectivity index (χ0v) is 9.02. The third kappa shape index (κ3) is 1.89. The molecule has 15 heavy (non-hydrogen) atoms.